The van der Waals surface area contributed by atoms with E-state index in [4.69, 9.17) is 4.74 Å². The van der Waals surface area contributed by atoms with Crippen LogP contribution in [0.4, 0.5) is 5.95 Å². The number of carboxylic acid groups (broad SMARTS) is 1. The van der Waals surface area contributed by atoms with Crippen molar-refractivity contribution < 1.29 is 14.6 Å². The molecular formula is C14H14N4O3. The molecule has 7 nitrogen and oxygen atoms in total. The second-order valence-electron chi connectivity index (χ2n) is 4.49. The van der Waals surface area contributed by atoms with E-state index in [1.165, 1.54) is 6.33 Å². The fourth-order valence-corrected chi connectivity index (χ4v) is 2.22. The molecule has 1 unspecified atom stereocenters. The van der Waals surface area contributed by atoms with E-state index in [9.17, 15) is 9.90 Å². The fourth-order valence-electron chi connectivity index (χ4n) is 2.22. The first-order chi connectivity index (χ1) is 10.2. The lowest BCUT2D eigenvalue weighted by molar-refractivity contribution is -0.132. The van der Waals surface area contributed by atoms with Gasteiger partial charge in [-0.2, -0.15) is 10.1 Å². The minimum atomic E-state index is -1.03. The van der Waals surface area contributed by atoms with E-state index in [0.717, 1.165) is 11.3 Å². The number of aromatic nitrogens is 3. The van der Waals surface area contributed by atoms with E-state index in [-0.39, 0.29) is 11.7 Å². The Morgan fingerprint density at radius 1 is 1.43 bits per heavy atom. The molecule has 0 spiro atoms. The van der Waals surface area contributed by atoms with Gasteiger partial charge in [-0.05, 0) is 30.7 Å². The average Bonchev–Trinajstić information content (AvgIpc) is 2.95. The molecule has 1 aliphatic rings. The summed E-state index contributed by atoms with van der Waals surface area (Å²) in [5.41, 5.74) is 1.000. The first kappa shape index (κ1) is 13.2. The highest BCUT2D eigenvalue weighted by Crippen LogP contribution is 2.29. The predicted molar refractivity (Wildman–Crippen MR) is 75.1 cm³/mol. The van der Waals surface area contributed by atoms with Gasteiger partial charge in [-0.1, -0.05) is 12.1 Å². The minimum absolute atomic E-state index is 0.0920. The van der Waals surface area contributed by atoms with Crippen LogP contribution in [0.5, 0.6) is 5.75 Å². The number of nitrogens with zero attached hydrogens (tertiary/aromatic N) is 3. The third-order valence-corrected chi connectivity index (χ3v) is 3.17. The van der Waals surface area contributed by atoms with Gasteiger partial charge in [0.25, 0.3) is 0 Å². The van der Waals surface area contributed by atoms with Crippen LogP contribution in [0.15, 0.2) is 42.4 Å². The molecule has 0 bridgehead atoms. The van der Waals surface area contributed by atoms with Crippen LogP contribution in [0, 0.1) is 0 Å². The van der Waals surface area contributed by atoms with E-state index < -0.39 is 5.97 Å². The largest absolute Gasteiger partial charge is 0.494 e. The topological polar surface area (TPSA) is 89.3 Å². The van der Waals surface area contributed by atoms with Gasteiger partial charge < -0.3 is 15.2 Å². The van der Waals surface area contributed by atoms with Crippen molar-refractivity contribution in [1.29, 1.82) is 0 Å². The van der Waals surface area contributed by atoms with Gasteiger partial charge in [-0.3, -0.25) is 0 Å². The molecule has 1 aromatic carbocycles. The molecule has 2 aromatic rings. The number of benzene rings is 1. The molecule has 3 rings (SSSR count). The van der Waals surface area contributed by atoms with Crippen molar-refractivity contribution in [3.63, 3.8) is 0 Å². The molecular weight excluding hydrogens is 272 g/mol. The van der Waals surface area contributed by atoms with E-state index >= 15 is 0 Å². The highest BCUT2D eigenvalue weighted by Gasteiger charge is 2.25. The van der Waals surface area contributed by atoms with Crippen molar-refractivity contribution in [2.75, 3.05) is 11.9 Å². The van der Waals surface area contributed by atoms with Crippen molar-refractivity contribution >= 4 is 11.9 Å². The van der Waals surface area contributed by atoms with Crippen molar-refractivity contribution in [1.82, 2.24) is 14.8 Å². The number of ether oxygens (including phenoxy) is 1. The van der Waals surface area contributed by atoms with Crippen LogP contribution in [-0.4, -0.2) is 32.4 Å². The quantitative estimate of drug-likeness (QED) is 0.888. The Morgan fingerprint density at radius 3 is 2.86 bits per heavy atom. The van der Waals surface area contributed by atoms with E-state index in [1.54, 1.807) is 10.8 Å². The predicted octanol–water partition coefficient (Wildman–Crippen LogP) is 1.66. The van der Waals surface area contributed by atoms with Crippen molar-refractivity contribution in [3.8, 4) is 5.75 Å². The van der Waals surface area contributed by atoms with Gasteiger partial charge >= 0.3 is 5.97 Å². The summed E-state index contributed by atoms with van der Waals surface area (Å²) in [6, 6.07) is 7.17. The first-order valence-electron chi connectivity index (χ1n) is 6.53. The van der Waals surface area contributed by atoms with Crippen LogP contribution in [0.2, 0.25) is 0 Å². The second-order valence-corrected chi connectivity index (χ2v) is 4.49. The molecule has 0 amide bonds. The smallest absolute Gasteiger partial charge is 0.352 e. The van der Waals surface area contributed by atoms with Crippen LogP contribution < -0.4 is 10.1 Å². The number of hydrogen-bond acceptors (Lipinski definition) is 5. The summed E-state index contributed by atoms with van der Waals surface area (Å²) < 4.78 is 7.05. The monoisotopic (exact) mass is 286 g/mol. The van der Waals surface area contributed by atoms with E-state index in [0.29, 0.717) is 12.6 Å². The van der Waals surface area contributed by atoms with Gasteiger partial charge in [0.15, 0.2) is 0 Å². The van der Waals surface area contributed by atoms with Crippen LogP contribution in [0.1, 0.15) is 18.5 Å². The third kappa shape index (κ3) is 2.45. The maximum atomic E-state index is 11.2. The summed E-state index contributed by atoms with van der Waals surface area (Å²) in [5, 5.41) is 16.0. The maximum absolute atomic E-state index is 11.2. The molecule has 2 N–H and O–H groups in total. The minimum Gasteiger partial charge on any atom is -0.494 e. The summed E-state index contributed by atoms with van der Waals surface area (Å²) in [7, 11) is 0. The number of allylic oxidation sites excluding steroid dienone is 1. The number of aliphatic carboxylic acids is 1. The van der Waals surface area contributed by atoms with Gasteiger partial charge in [0.1, 0.15) is 23.8 Å². The van der Waals surface area contributed by atoms with Gasteiger partial charge in [0, 0.05) is 0 Å². The van der Waals surface area contributed by atoms with Crippen LogP contribution in [0.3, 0.4) is 0 Å². The lowest BCUT2D eigenvalue weighted by Crippen LogP contribution is -2.24. The third-order valence-electron chi connectivity index (χ3n) is 3.17. The standard InChI is InChI=1S/C14H14N4O3/c1-2-21-10-5-3-9(4-6-10)12-7-11(13(19)20)17-14-15-8-16-18(12)14/h3-8,12H,2H2,1H3,(H,19,20)(H,15,16,17). The Kier molecular flexibility index (Phi) is 3.31. The Morgan fingerprint density at radius 2 is 2.19 bits per heavy atom. The zero-order chi connectivity index (χ0) is 14.8. The van der Waals surface area contributed by atoms with E-state index in [1.807, 2.05) is 31.2 Å². The summed E-state index contributed by atoms with van der Waals surface area (Å²) in [4.78, 5) is 15.2. The number of rotatable bonds is 4. The molecule has 1 aromatic heterocycles. The highest BCUT2D eigenvalue weighted by atomic mass is 16.5. The van der Waals surface area contributed by atoms with Crippen LogP contribution in [0.25, 0.3) is 0 Å². The van der Waals surface area contributed by atoms with E-state index in [2.05, 4.69) is 15.4 Å². The molecule has 108 valence electrons. The lowest BCUT2D eigenvalue weighted by atomic mass is 10.0. The normalized spacial score (nSPS) is 16.6. The summed E-state index contributed by atoms with van der Waals surface area (Å²) in [5.74, 6) is 0.158. The number of hydrogen-bond donors (Lipinski definition) is 2. The number of fused-ring (bicyclic) bond motifs is 1. The Bertz CT molecular complexity index is 690. The molecule has 1 aliphatic heterocycles. The van der Waals surface area contributed by atoms with Gasteiger partial charge in [-0.15, -0.1) is 0 Å². The molecule has 7 heteroatoms. The number of anilines is 1. The molecule has 2 heterocycles. The summed E-state index contributed by atoms with van der Waals surface area (Å²) >= 11 is 0. The maximum Gasteiger partial charge on any atom is 0.352 e. The molecule has 0 aliphatic carbocycles. The Hall–Kier alpha value is -2.83. The number of nitrogens with one attached hydrogen (secondary N) is 1. The van der Waals surface area contributed by atoms with Crippen molar-refractivity contribution in [2.45, 2.75) is 13.0 Å². The molecule has 21 heavy (non-hydrogen) atoms. The Labute approximate surface area is 120 Å². The fraction of sp³-hybridized carbons (Fsp3) is 0.214. The van der Waals surface area contributed by atoms with Crippen molar-refractivity contribution in [2.24, 2.45) is 0 Å². The second kappa shape index (κ2) is 5.28. The zero-order valence-electron chi connectivity index (χ0n) is 11.4. The summed E-state index contributed by atoms with van der Waals surface area (Å²) in [6.07, 6.45) is 3.00. The molecule has 1 atom stereocenters. The lowest BCUT2D eigenvalue weighted by Gasteiger charge is -2.22. The van der Waals surface area contributed by atoms with Gasteiger partial charge in [-0.25, -0.2) is 9.48 Å². The van der Waals surface area contributed by atoms with Gasteiger partial charge in [0.2, 0.25) is 5.95 Å². The first-order valence-corrected chi connectivity index (χ1v) is 6.53. The van der Waals surface area contributed by atoms with Crippen molar-refractivity contribution in [3.05, 3.63) is 47.9 Å². The van der Waals surface area contributed by atoms with Gasteiger partial charge in [0.05, 0.1) is 6.61 Å². The van der Waals surface area contributed by atoms with Crippen LogP contribution in [-0.2, 0) is 4.79 Å². The molecule has 0 radical (unpaired) electrons. The molecule has 0 saturated carbocycles. The molecule has 0 saturated heterocycles. The van der Waals surface area contributed by atoms with Crippen LogP contribution >= 0.6 is 0 Å². The SMILES string of the molecule is CCOc1ccc(C2C=C(C(=O)O)Nc3ncnn32)cc1. The number of carbonyl (C=O) groups is 1. The average molecular weight is 286 g/mol. The summed E-state index contributed by atoms with van der Waals surface area (Å²) in [6.45, 7) is 2.52. The Balaban J connectivity index is 1.98. The molecule has 0 fully saturated rings. The zero-order valence-corrected chi connectivity index (χ0v) is 11.4. The number of carboxylic acids is 1. The highest BCUT2D eigenvalue weighted by molar-refractivity contribution is 5.90.